The number of rotatable bonds is 3. The van der Waals surface area contributed by atoms with Crippen LogP contribution in [0.2, 0.25) is 0 Å². The number of hydrogen-bond acceptors (Lipinski definition) is 4. The zero-order valence-corrected chi connectivity index (χ0v) is 13.8. The van der Waals surface area contributed by atoms with Gasteiger partial charge < -0.3 is 9.80 Å². The van der Waals surface area contributed by atoms with E-state index in [0.29, 0.717) is 37.3 Å². The minimum atomic E-state index is -0.429. The molecule has 0 bridgehead atoms. The van der Waals surface area contributed by atoms with E-state index in [4.69, 9.17) is 0 Å². The van der Waals surface area contributed by atoms with Gasteiger partial charge in [0.2, 0.25) is 0 Å². The Hall–Kier alpha value is -2.96. The topological polar surface area (TPSA) is 66.7 Å². The highest BCUT2D eigenvalue weighted by molar-refractivity contribution is 5.94. The third-order valence-corrected chi connectivity index (χ3v) is 4.41. The molecular formula is C18H18FN3O3. The first kappa shape index (κ1) is 16.9. The number of anilines is 1. The minimum Gasteiger partial charge on any atom is -0.368 e. The molecule has 2 aromatic rings. The van der Waals surface area contributed by atoms with Crippen LogP contribution in [-0.2, 0) is 0 Å². The van der Waals surface area contributed by atoms with Crippen molar-refractivity contribution in [2.24, 2.45) is 0 Å². The molecule has 25 heavy (non-hydrogen) atoms. The Morgan fingerprint density at radius 3 is 2.28 bits per heavy atom. The Bertz CT molecular complexity index is 800. The molecule has 1 aliphatic rings. The van der Waals surface area contributed by atoms with E-state index in [-0.39, 0.29) is 17.4 Å². The number of nitro benzene ring substituents is 1. The van der Waals surface area contributed by atoms with E-state index >= 15 is 0 Å². The molecule has 0 unspecified atom stereocenters. The maximum absolute atomic E-state index is 13.7. The molecule has 0 saturated carbocycles. The number of benzene rings is 2. The number of hydrogen-bond donors (Lipinski definition) is 0. The molecule has 1 heterocycles. The second-order valence-corrected chi connectivity index (χ2v) is 6.02. The summed E-state index contributed by atoms with van der Waals surface area (Å²) in [6.45, 7) is 3.94. The lowest BCUT2D eigenvalue weighted by molar-refractivity contribution is -0.384. The van der Waals surface area contributed by atoms with Crippen molar-refractivity contribution < 1.29 is 14.1 Å². The van der Waals surface area contributed by atoms with Gasteiger partial charge in [-0.2, -0.15) is 0 Å². The Morgan fingerprint density at radius 1 is 1.08 bits per heavy atom. The van der Waals surface area contributed by atoms with Crippen LogP contribution in [-0.4, -0.2) is 41.9 Å². The maximum Gasteiger partial charge on any atom is 0.269 e. The Kier molecular flexibility index (Phi) is 4.65. The largest absolute Gasteiger partial charge is 0.368 e. The van der Waals surface area contributed by atoms with E-state index in [1.807, 2.05) is 0 Å². The number of nitrogens with zero attached hydrogens (tertiary/aromatic N) is 3. The first-order chi connectivity index (χ1) is 12.0. The van der Waals surface area contributed by atoms with E-state index in [9.17, 15) is 19.3 Å². The second kappa shape index (κ2) is 6.88. The number of piperazine rings is 1. The first-order valence-electron chi connectivity index (χ1n) is 8.00. The van der Waals surface area contributed by atoms with Crippen LogP contribution in [0.1, 0.15) is 15.9 Å². The number of carbonyl (C=O) groups is 1. The summed E-state index contributed by atoms with van der Waals surface area (Å²) in [7, 11) is 0. The summed E-state index contributed by atoms with van der Waals surface area (Å²) in [5.41, 5.74) is 1.81. The number of halogens is 1. The molecule has 0 aromatic heterocycles. The molecule has 1 fully saturated rings. The number of nitro groups is 1. The van der Waals surface area contributed by atoms with Crippen LogP contribution < -0.4 is 4.90 Å². The average Bonchev–Trinajstić information content (AvgIpc) is 2.63. The fraction of sp³-hybridized carbons (Fsp3) is 0.278. The summed E-state index contributed by atoms with van der Waals surface area (Å²) in [5.74, 6) is -0.558. The lowest BCUT2D eigenvalue weighted by atomic mass is 10.1. The summed E-state index contributed by atoms with van der Waals surface area (Å²) in [5, 5.41) is 10.7. The van der Waals surface area contributed by atoms with Crippen molar-refractivity contribution in [2.45, 2.75) is 6.92 Å². The molecule has 1 amide bonds. The van der Waals surface area contributed by atoms with Gasteiger partial charge in [0.25, 0.3) is 11.6 Å². The highest BCUT2D eigenvalue weighted by atomic mass is 19.1. The van der Waals surface area contributed by atoms with Crippen LogP contribution in [0, 0.1) is 22.9 Å². The molecule has 0 N–H and O–H groups in total. The molecule has 3 rings (SSSR count). The van der Waals surface area contributed by atoms with Gasteiger partial charge in [-0.3, -0.25) is 14.9 Å². The first-order valence-corrected chi connectivity index (χ1v) is 8.00. The quantitative estimate of drug-likeness (QED) is 0.635. The lowest BCUT2D eigenvalue weighted by Gasteiger charge is -2.36. The van der Waals surface area contributed by atoms with Gasteiger partial charge in [0, 0.05) is 49.6 Å². The smallest absolute Gasteiger partial charge is 0.269 e. The zero-order valence-electron chi connectivity index (χ0n) is 13.8. The second-order valence-electron chi connectivity index (χ2n) is 6.02. The number of aryl methyl sites for hydroxylation is 1. The van der Waals surface area contributed by atoms with Gasteiger partial charge in [-0.05, 0) is 36.8 Å². The van der Waals surface area contributed by atoms with Crippen LogP contribution in [0.3, 0.4) is 0 Å². The lowest BCUT2D eigenvalue weighted by Crippen LogP contribution is -2.48. The Morgan fingerprint density at radius 2 is 1.72 bits per heavy atom. The molecular weight excluding hydrogens is 325 g/mol. The van der Waals surface area contributed by atoms with Gasteiger partial charge in [0.05, 0.1) is 4.92 Å². The van der Waals surface area contributed by atoms with Crippen LogP contribution in [0.4, 0.5) is 15.8 Å². The minimum absolute atomic E-state index is 0.0546. The predicted octanol–water partition coefficient (Wildman–Crippen LogP) is 3.00. The maximum atomic E-state index is 13.7. The number of amides is 1. The van der Waals surface area contributed by atoms with Gasteiger partial charge in [0.1, 0.15) is 5.82 Å². The van der Waals surface area contributed by atoms with E-state index in [1.54, 1.807) is 36.1 Å². The molecule has 0 spiro atoms. The highest BCUT2D eigenvalue weighted by Gasteiger charge is 2.23. The van der Waals surface area contributed by atoms with Crippen molar-refractivity contribution in [3.8, 4) is 0 Å². The molecule has 7 heteroatoms. The highest BCUT2D eigenvalue weighted by Crippen LogP contribution is 2.21. The van der Waals surface area contributed by atoms with Crippen molar-refractivity contribution in [2.75, 3.05) is 31.1 Å². The third kappa shape index (κ3) is 3.60. The number of carbonyl (C=O) groups excluding carboxylic acids is 1. The average molecular weight is 343 g/mol. The molecule has 0 aliphatic carbocycles. The van der Waals surface area contributed by atoms with Gasteiger partial charge in [-0.15, -0.1) is 0 Å². The summed E-state index contributed by atoms with van der Waals surface area (Å²) in [6, 6.07) is 10.9. The molecule has 1 saturated heterocycles. The van der Waals surface area contributed by atoms with Gasteiger partial charge in [-0.1, -0.05) is 6.07 Å². The van der Waals surface area contributed by atoms with Crippen molar-refractivity contribution >= 4 is 17.3 Å². The summed E-state index contributed by atoms with van der Waals surface area (Å²) >= 11 is 0. The van der Waals surface area contributed by atoms with Crippen molar-refractivity contribution in [3.05, 3.63) is 69.5 Å². The summed E-state index contributed by atoms with van der Waals surface area (Å²) < 4.78 is 13.7. The Balaban J connectivity index is 1.64. The monoisotopic (exact) mass is 343 g/mol. The summed E-state index contributed by atoms with van der Waals surface area (Å²) in [4.78, 5) is 26.5. The molecule has 0 atom stereocenters. The SMILES string of the molecule is Cc1ccc(C(=O)N2CCN(c3ccc([N+](=O)[O-])cc3)CC2)cc1F. The fourth-order valence-electron chi connectivity index (χ4n) is 2.86. The van der Waals surface area contributed by atoms with Gasteiger partial charge >= 0.3 is 0 Å². The number of non-ortho nitro benzene ring substituents is 1. The summed E-state index contributed by atoms with van der Waals surface area (Å²) in [6.07, 6.45) is 0. The van der Waals surface area contributed by atoms with E-state index < -0.39 is 4.92 Å². The van der Waals surface area contributed by atoms with Crippen LogP contribution in [0.5, 0.6) is 0 Å². The molecule has 6 nitrogen and oxygen atoms in total. The van der Waals surface area contributed by atoms with E-state index in [1.165, 1.54) is 18.2 Å². The molecule has 0 radical (unpaired) electrons. The van der Waals surface area contributed by atoms with Crippen LogP contribution in [0.25, 0.3) is 0 Å². The zero-order chi connectivity index (χ0) is 18.0. The van der Waals surface area contributed by atoms with Crippen LogP contribution >= 0.6 is 0 Å². The fourth-order valence-corrected chi connectivity index (χ4v) is 2.86. The van der Waals surface area contributed by atoms with Gasteiger partial charge in [-0.25, -0.2) is 4.39 Å². The predicted molar refractivity (Wildman–Crippen MR) is 92.3 cm³/mol. The standard InChI is InChI=1S/C18H18FN3O3/c1-13-2-3-14(12-17(13)19)18(23)21-10-8-20(9-11-21)15-4-6-16(7-5-15)22(24)25/h2-7,12H,8-11H2,1H3. The molecule has 130 valence electrons. The van der Waals surface area contributed by atoms with Gasteiger partial charge in [0.15, 0.2) is 0 Å². The van der Waals surface area contributed by atoms with Crippen molar-refractivity contribution in [1.82, 2.24) is 4.90 Å². The van der Waals surface area contributed by atoms with Crippen LogP contribution in [0.15, 0.2) is 42.5 Å². The van der Waals surface area contributed by atoms with E-state index in [2.05, 4.69) is 4.90 Å². The molecule has 1 aliphatic heterocycles. The third-order valence-electron chi connectivity index (χ3n) is 4.41. The molecule has 2 aromatic carbocycles. The van der Waals surface area contributed by atoms with Crippen molar-refractivity contribution in [1.29, 1.82) is 0 Å². The van der Waals surface area contributed by atoms with E-state index in [0.717, 1.165) is 5.69 Å². The Labute approximate surface area is 144 Å². The van der Waals surface area contributed by atoms with Crippen molar-refractivity contribution in [3.63, 3.8) is 0 Å². The normalized spacial score (nSPS) is 14.5.